The van der Waals surface area contributed by atoms with Gasteiger partial charge in [0.2, 0.25) is 5.95 Å². The van der Waals surface area contributed by atoms with Crippen molar-refractivity contribution < 1.29 is 0 Å². The molecular weight excluding hydrogens is 186 g/mol. The smallest absolute Gasteiger partial charge is 0.220 e. The first-order chi connectivity index (χ1) is 6.18. The Morgan fingerprint density at radius 3 is 2.85 bits per heavy atom. The molecular formula is C9H8ClN3. The molecule has 2 N–H and O–H groups in total. The fraction of sp³-hybridized carbons (Fsp3) is 0.111. The maximum atomic E-state index is 5.96. The first kappa shape index (κ1) is 8.26. The van der Waals surface area contributed by atoms with Gasteiger partial charge in [-0.05, 0) is 13.0 Å². The summed E-state index contributed by atoms with van der Waals surface area (Å²) in [5.41, 5.74) is 7.08. The summed E-state index contributed by atoms with van der Waals surface area (Å²) in [5, 5.41) is 1.55. The standard InChI is InChI=1S/C9H8ClN3/c1-5-6-3-2-4-7(10)8(6)13-9(11)12-5/h2-4H,1H3,(H2,11,12,13). The number of para-hydroxylation sites is 1. The second kappa shape index (κ2) is 2.85. The summed E-state index contributed by atoms with van der Waals surface area (Å²) in [7, 11) is 0. The summed E-state index contributed by atoms with van der Waals surface area (Å²) < 4.78 is 0. The molecule has 1 heterocycles. The lowest BCUT2D eigenvalue weighted by atomic mass is 10.2. The number of hydrogen-bond donors (Lipinski definition) is 1. The number of rotatable bonds is 0. The molecule has 66 valence electrons. The Labute approximate surface area is 80.6 Å². The van der Waals surface area contributed by atoms with Gasteiger partial charge < -0.3 is 5.73 Å². The van der Waals surface area contributed by atoms with Crippen LogP contribution in [-0.4, -0.2) is 9.97 Å². The van der Waals surface area contributed by atoms with Crippen molar-refractivity contribution in [2.45, 2.75) is 6.92 Å². The average Bonchev–Trinajstić information content (AvgIpc) is 2.07. The Morgan fingerprint density at radius 1 is 1.31 bits per heavy atom. The zero-order valence-corrected chi connectivity index (χ0v) is 7.84. The monoisotopic (exact) mass is 193 g/mol. The average molecular weight is 194 g/mol. The molecule has 1 aromatic heterocycles. The maximum Gasteiger partial charge on any atom is 0.220 e. The van der Waals surface area contributed by atoms with Gasteiger partial charge in [0, 0.05) is 5.39 Å². The quantitative estimate of drug-likeness (QED) is 0.698. The van der Waals surface area contributed by atoms with E-state index >= 15 is 0 Å². The molecule has 0 unspecified atom stereocenters. The molecule has 0 amide bonds. The van der Waals surface area contributed by atoms with Crippen molar-refractivity contribution in [2.24, 2.45) is 0 Å². The highest BCUT2D eigenvalue weighted by Gasteiger charge is 2.04. The lowest BCUT2D eigenvalue weighted by Gasteiger charge is -2.02. The molecule has 0 aliphatic rings. The van der Waals surface area contributed by atoms with Gasteiger partial charge in [-0.15, -0.1) is 0 Å². The Kier molecular flexibility index (Phi) is 1.81. The van der Waals surface area contributed by atoms with E-state index in [-0.39, 0.29) is 5.95 Å². The number of aryl methyl sites for hydroxylation is 1. The molecule has 0 aliphatic carbocycles. The zero-order valence-electron chi connectivity index (χ0n) is 7.08. The van der Waals surface area contributed by atoms with E-state index < -0.39 is 0 Å². The summed E-state index contributed by atoms with van der Waals surface area (Å²) >= 11 is 5.96. The van der Waals surface area contributed by atoms with Crippen molar-refractivity contribution >= 4 is 28.5 Å². The van der Waals surface area contributed by atoms with Gasteiger partial charge in [-0.1, -0.05) is 23.7 Å². The van der Waals surface area contributed by atoms with Crippen LogP contribution in [-0.2, 0) is 0 Å². The molecule has 0 saturated heterocycles. The summed E-state index contributed by atoms with van der Waals surface area (Å²) in [5.74, 6) is 0.262. The number of benzene rings is 1. The lowest BCUT2D eigenvalue weighted by Crippen LogP contribution is -1.97. The molecule has 2 rings (SSSR count). The van der Waals surface area contributed by atoms with Crippen molar-refractivity contribution in [3.63, 3.8) is 0 Å². The van der Waals surface area contributed by atoms with Crippen LogP contribution in [0.5, 0.6) is 0 Å². The fourth-order valence-corrected chi connectivity index (χ4v) is 1.51. The summed E-state index contributed by atoms with van der Waals surface area (Å²) in [6, 6.07) is 5.59. The third-order valence-corrected chi connectivity index (χ3v) is 2.19. The number of nitrogens with two attached hydrogens (primary N) is 1. The normalized spacial score (nSPS) is 10.6. The highest BCUT2D eigenvalue weighted by atomic mass is 35.5. The minimum atomic E-state index is 0.262. The molecule has 0 aliphatic heterocycles. The SMILES string of the molecule is Cc1nc(N)nc2c(Cl)cccc12. The van der Waals surface area contributed by atoms with Crippen LogP contribution in [0, 0.1) is 6.92 Å². The van der Waals surface area contributed by atoms with Crippen LogP contribution in [0.1, 0.15) is 5.69 Å². The van der Waals surface area contributed by atoms with Crippen molar-refractivity contribution in [3.8, 4) is 0 Å². The molecule has 0 radical (unpaired) electrons. The third-order valence-electron chi connectivity index (χ3n) is 1.89. The fourth-order valence-electron chi connectivity index (χ4n) is 1.29. The predicted molar refractivity (Wildman–Crippen MR) is 53.7 cm³/mol. The molecule has 0 fully saturated rings. The number of anilines is 1. The van der Waals surface area contributed by atoms with E-state index in [2.05, 4.69) is 9.97 Å². The van der Waals surface area contributed by atoms with Gasteiger partial charge in [-0.25, -0.2) is 9.97 Å². The second-order valence-electron chi connectivity index (χ2n) is 2.80. The first-order valence-corrected chi connectivity index (χ1v) is 4.24. The van der Waals surface area contributed by atoms with E-state index in [9.17, 15) is 0 Å². The van der Waals surface area contributed by atoms with Crippen molar-refractivity contribution in [1.82, 2.24) is 9.97 Å². The third kappa shape index (κ3) is 1.31. The molecule has 0 bridgehead atoms. The van der Waals surface area contributed by atoms with Gasteiger partial charge in [-0.3, -0.25) is 0 Å². The van der Waals surface area contributed by atoms with Crippen LogP contribution in [0.4, 0.5) is 5.95 Å². The van der Waals surface area contributed by atoms with E-state index in [0.717, 1.165) is 11.1 Å². The number of nitrogen functional groups attached to an aromatic ring is 1. The van der Waals surface area contributed by atoms with Crippen LogP contribution in [0.2, 0.25) is 5.02 Å². The molecule has 3 nitrogen and oxygen atoms in total. The minimum Gasteiger partial charge on any atom is -0.368 e. The van der Waals surface area contributed by atoms with Gasteiger partial charge in [0.15, 0.2) is 0 Å². The summed E-state index contributed by atoms with van der Waals surface area (Å²) in [6.45, 7) is 1.89. The van der Waals surface area contributed by atoms with E-state index in [4.69, 9.17) is 17.3 Å². The molecule has 0 spiro atoms. The predicted octanol–water partition coefficient (Wildman–Crippen LogP) is 2.17. The largest absolute Gasteiger partial charge is 0.368 e. The Hall–Kier alpha value is -1.35. The van der Waals surface area contributed by atoms with Crippen LogP contribution in [0.25, 0.3) is 10.9 Å². The Bertz CT molecular complexity index is 468. The summed E-state index contributed by atoms with van der Waals surface area (Å²) in [4.78, 5) is 8.12. The number of fused-ring (bicyclic) bond motifs is 1. The number of hydrogen-bond acceptors (Lipinski definition) is 3. The maximum absolute atomic E-state index is 5.96. The van der Waals surface area contributed by atoms with Crippen LogP contribution in [0.15, 0.2) is 18.2 Å². The first-order valence-electron chi connectivity index (χ1n) is 3.87. The second-order valence-corrected chi connectivity index (χ2v) is 3.21. The van der Waals surface area contributed by atoms with Crippen LogP contribution in [0.3, 0.4) is 0 Å². The van der Waals surface area contributed by atoms with Crippen molar-refractivity contribution in [3.05, 3.63) is 28.9 Å². The van der Waals surface area contributed by atoms with Gasteiger partial charge in [0.1, 0.15) is 0 Å². The van der Waals surface area contributed by atoms with Crippen LogP contribution >= 0.6 is 11.6 Å². The van der Waals surface area contributed by atoms with Crippen molar-refractivity contribution in [2.75, 3.05) is 5.73 Å². The van der Waals surface area contributed by atoms with Gasteiger partial charge in [-0.2, -0.15) is 0 Å². The zero-order chi connectivity index (χ0) is 9.42. The van der Waals surface area contributed by atoms with E-state index in [1.165, 1.54) is 0 Å². The Balaban J connectivity index is 2.94. The number of aromatic nitrogens is 2. The van der Waals surface area contributed by atoms with Crippen LogP contribution < -0.4 is 5.73 Å². The van der Waals surface area contributed by atoms with Gasteiger partial charge in [0.25, 0.3) is 0 Å². The lowest BCUT2D eigenvalue weighted by molar-refractivity contribution is 1.17. The number of halogens is 1. The molecule has 2 aromatic rings. The topological polar surface area (TPSA) is 51.8 Å². The highest BCUT2D eigenvalue weighted by Crippen LogP contribution is 2.23. The minimum absolute atomic E-state index is 0.262. The molecule has 4 heteroatoms. The highest BCUT2D eigenvalue weighted by molar-refractivity contribution is 6.35. The van der Waals surface area contributed by atoms with E-state index in [1.54, 1.807) is 6.07 Å². The molecule has 13 heavy (non-hydrogen) atoms. The van der Waals surface area contributed by atoms with E-state index in [1.807, 2.05) is 19.1 Å². The summed E-state index contributed by atoms with van der Waals surface area (Å²) in [6.07, 6.45) is 0. The molecule has 1 aromatic carbocycles. The van der Waals surface area contributed by atoms with Gasteiger partial charge in [0.05, 0.1) is 16.2 Å². The van der Waals surface area contributed by atoms with E-state index in [0.29, 0.717) is 10.5 Å². The van der Waals surface area contributed by atoms with Gasteiger partial charge >= 0.3 is 0 Å². The molecule has 0 atom stereocenters. The number of nitrogens with zero attached hydrogens (tertiary/aromatic N) is 2. The Morgan fingerprint density at radius 2 is 2.08 bits per heavy atom. The molecule has 0 saturated carbocycles. The van der Waals surface area contributed by atoms with Crippen molar-refractivity contribution in [1.29, 1.82) is 0 Å².